The van der Waals surface area contributed by atoms with Crippen LogP contribution in [-0.2, 0) is 6.54 Å². The third-order valence-corrected chi connectivity index (χ3v) is 5.43. The van der Waals surface area contributed by atoms with Gasteiger partial charge in [-0.25, -0.2) is 4.99 Å². The lowest BCUT2D eigenvalue weighted by atomic mass is 9.97. The molecule has 0 aliphatic carbocycles. The van der Waals surface area contributed by atoms with E-state index < -0.39 is 0 Å². The quantitative estimate of drug-likeness (QED) is 0.244. The number of aliphatic hydroxyl groups is 1. The second-order valence-corrected chi connectivity index (χ2v) is 7.63. The summed E-state index contributed by atoms with van der Waals surface area (Å²) in [6.45, 7) is 7.79. The highest BCUT2D eigenvalue weighted by molar-refractivity contribution is 14.0. The van der Waals surface area contributed by atoms with Gasteiger partial charge in [0.2, 0.25) is 0 Å². The fourth-order valence-electron chi connectivity index (χ4n) is 3.68. The summed E-state index contributed by atoms with van der Waals surface area (Å²) >= 11 is 0. The molecule has 0 unspecified atom stereocenters. The Bertz CT molecular complexity index is 853. The number of piperidine rings is 1. The summed E-state index contributed by atoms with van der Waals surface area (Å²) in [7, 11) is 0. The minimum Gasteiger partial charge on any atom is -0.494 e. The zero-order valence-corrected chi connectivity index (χ0v) is 21.2. The molecule has 0 radical (unpaired) electrons. The molecule has 0 atom stereocenters. The van der Waals surface area contributed by atoms with E-state index in [1.807, 2.05) is 32.0 Å². The van der Waals surface area contributed by atoms with Gasteiger partial charge in [0.25, 0.3) is 0 Å². The van der Waals surface area contributed by atoms with Gasteiger partial charge in [-0.3, -0.25) is 0 Å². The second-order valence-electron chi connectivity index (χ2n) is 7.63. The Hall–Kier alpha value is -2.20. The molecule has 0 bridgehead atoms. The van der Waals surface area contributed by atoms with Crippen LogP contribution in [0, 0.1) is 5.92 Å². The lowest BCUT2D eigenvalue weighted by Crippen LogP contribution is -2.34. The SMILES string of the molecule is CCOc1ccc(OCC)c(NC(N)=NCc2ccc(N3CCC(CO)CC3)cc2)c1.I. The highest BCUT2D eigenvalue weighted by atomic mass is 127. The van der Waals surface area contributed by atoms with Gasteiger partial charge in [-0.15, -0.1) is 24.0 Å². The summed E-state index contributed by atoms with van der Waals surface area (Å²) in [6.07, 6.45) is 2.08. The molecule has 0 aromatic heterocycles. The molecule has 0 spiro atoms. The van der Waals surface area contributed by atoms with E-state index in [0.29, 0.717) is 44.0 Å². The van der Waals surface area contributed by atoms with E-state index in [0.717, 1.165) is 42.9 Å². The number of hydrogen-bond acceptors (Lipinski definition) is 5. The van der Waals surface area contributed by atoms with E-state index >= 15 is 0 Å². The molecule has 0 saturated carbocycles. The zero-order chi connectivity index (χ0) is 22.1. The second kappa shape index (κ2) is 13.4. The standard InChI is InChI=1S/C24H34N4O3.HI/c1-3-30-21-9-10-23(31-4-2)22(15-21)27-24(25)26-16-18-5-7-20(8-6-18)28-13-11-19(17-29)12-14-28;/h5-10,15,19,29H,3-4,11-14,16-17H2,1-2H3,(H3,25,26,27);1H. The van der Waals surface area contributed by atoms with Gasteiger partial charge >= 0.3 is 0 Å². The van der Waals surface area contributed by atoms with Gasteiger partial charge in [-0.1, -0.05) is 12.1 Å². The summed E-state index contributed by atoms with van der Waals surface area (Å²) in [5.41, 5.74) is 9.16. The molecule has 7 nitrogen and oxygen atoms in total. The maximum Gasteiger partial charge on any atom is 0.193 e. The molecule has 8 heteroatoms. The van der Waals surface area contributed by atoms with E-state index in [2.05, 4.69) is 39.5 Å². The number of ether oxygens (including phenoxy) is 2. The molecular formula is C24H35IN4O3. The minimum atomic E-state index is 0. The van der Waals surface area contributed by atoms with Crippen LogP contribution >= 0.6 is 24.0 Å². The van der Waals surface area contributed by atoms with Gasteiger partial charge in [0.05, 0.1) is 25.4 Å². The average Bonchev–Trinajstić information content (AvgIpc) is 2.80. The smallest absolute Gasteiger partial charge is 0.193 e. The summed E-state index contributed by atoms with van der Waals surface area (Å²) < 4.78 is 11.2. The molecular weight excluding hydrogens is 519 g/mol. The molecule has 4 N–H and O–H groups in total. The van der Waals surface area contributed by atoms with Crippen LogP contribution in [0.5, 0.6) is 11.5 Å². The number of nitrogens with zero attached hydrogens (tertiary/aromatic N) is 2. The highest BCUT2D eigenvalue weighted by Crippen LogP contribution is 2.29. The van der Waals surface area contributed by atoms with Crippen molar-refractivity contribution < 1.29 is 14.6 Å². The Morgan fingerprint density at radius 1 is 1.09 bits per heavy atom. The first-order valence-corrected chi connectivity index (χ1v) is 11.0. The topological polar surface area (TPSA) is 92.3 Å². The van der Waals surface area contributed by atoms with Crippen LogP contribution in [0.2, 0.25) is 0 Å². The monoisotopic (exact) mass is 554 g/mol. The Balaban J connectivity index is 0.00000363. The van der Waals surface area contributed by atoms with Crippen LogP contribution in [0.25, 0.3) is 0 Å². The number of aliphatic imine (C=N–C) groups is 1. The van der Waals surface area contributed by atoms with Crippen molar-refractivity contribution in [3.8, 4) is 11.5 Å². The van der Waals surface area contributed by atoms with Gasteiger partial charge < -0.3 is 30.5 Å². The van der Waals surface area contributed by atoms with E-state index in [-0.39, 0.29) is 24.0 Å². The Kier molecular flexibility index (Phi) is 10.9. The third-order valence-electron chi connectivity index (χ3n) is 5.43. The molecule has 2 aromatic rings. The number of aliphatic hydroxyl groups excluding tert-OH is 1. The van der Waals surface area contributed by atoms with E-state index in [1.54, 1.807) is 0 Å². The number of halogens is 1. The van der Waals surface area contributed by atoms with Crippen molar-refractivity contribution in [3.63, 3.8) is 0 Å². The normalized spacial score (nSPS) is 14.6. The first-order valence-electron chi connectivity index (χ1n) is 11.0. The molecule has 32 heavy (non-hydrogen) atoms. The van der Waals surface area contributed by atoms with E-state index in [9.17, 15) is 5.11 Å². The van der Waals surface area contributed by atoms with Crippen molar-refractivity contribution in [3.05, 3.63) is 48.0 Å². The van der Waals surface area contributed by atoms with Crippen LogP contribution < -0.4 is 25.4 Å². The first-order chi connectivity index (χ1) is 15.1. The molecule has 1 aliphatic rings. The van der Waals surface area contributed by atoms with E-state index in [1.165, 1.54) is 5.69 Å². The molecule has 1 aliphatic heterocycles. The third kappa shape index (κ3) is 7.44. The molecule has 1 heterocycles. The Morgan fingerprint density at radius 3 is 2.41 bits per heavy atom. The van der Waals surface area contributed by atoms with Crippen molar-refractivity contribution in [2.45, 2.75) is 33.2 Å². The number of nitrogens with two attached hydrogens (primary N) is 1. The van der Waals surface area contributed by atoms with Gasteiger partial charge in [-0.2, -0.15) is 0 Å². The maximum absolute atomic E-state index is 9.30. The fourth-order valence-corrected chi connectivity index (χ4v) is 3.68. The molecule has 0 amide bonds. The van der Waals surface area contributed by atoms with E-state index in [4.69, 9.17) is 15.2 Å². The van der Waals surface area contributed by atoms with Crippen LogP contribution in [0.15, 0.2) is 47.5 Å². The molecule has 1 saturated heterocycles. The lowest BCUT2D eigenvalue weighted by molar-refractivity contribution is 0.203. The van der Waals surface area contributed by atoms with Crippen LogP contribution in [0.1, 0.15) is 32.3 Å². The van der Waals surface area contributed by atoms with Crippen molar-refractivity contribution in [2.75, 3.05) is 43.1 Å². The highest BCUT2D eigenvalue weighted by Gasteiger charge is 2.18. The van der Waals surface area contributed by atoms with Gasteiger partial charge in [0.1, 0.15) is 11.5 Å². The lowest BCUT2D eigenvalue weighted by Gasteiger charge is -2.32. The average molecular weight is 554 g/mol. The largest absolute Gasteiger partial charge is 0.494 e. The van der Waals surface area contributed by atoms with Crippen LogP contribution in [0.4, 0.5) is 11.4 Å². The van der Waals surface area contributed by atoms with Crippen molar-refractivity contribution >= 4 is 41.3 Å². The number of benzene rings is 2. The number of anilines is 2. The van der Waals surface area contributed by atoms with Gasteiger partial charge in [-0.05, 0) is 62.4 Å². The van der Waals surface area contributed by atoms with Crippen molar-refractivity contribution in [1.82, 2.24) is 0 Å². The summed E-state index contributed by atoms with van der Waals surface area (Å²) in [4.78, 5) is 6.85. The fraction of sp³-hybridized carbons (Fsp3) is 0.458. The first kappa shape index (κ1) is 26.1. The number of rotatable bonds is 9. The van der Waals surface area contributed by atoms with Crippen LogP contribution in [-0.4, -0.2) is 44.0 Å². The number of guanidine groups is 1. The minimum absolute atomic E-state index is 0. The molecule has 2 aromatic carbocycles. The predicted octanol–water partition coefficient (Wildman–Crippen LogP) is 4.24. The summed E-state index contributed by atoms with van der Waals surface area (Å²) in [5.74, 6) is 2.22. The zero-order valence-electron chi connectivity index (χ0n) is 18.9. The van der Waals surface area contributed by atoms with Crippen molar-refractivity contribution in [2.24, 2.45) is 16.6 Å². The molecule has 3 rings (SSSR count). The molecule has 1 fully saturated rings. The number of nitrogens with one attached hydrogen (secondary N) is 1. The summed E-state index contributed by atoms with van der Waals surface area (Å²) in [5, 5.41) is 12.4. The Morgan fingerprint density at radius 2 is 1.78 bits per heavy atom. The number of hydrogen-bond donors (Lipinski definition) is 3. The maximum atomic E-state index is 9.30. The van der Waals surface area contributed by atoms with Crippen molar-refractivity contribution in [1.29, 1.82) is 0 Å². The predicted molar refractivity (Wildman–Crippen MR) is 142 cm³/mol. The molecule has 176 valence electrons. The Labute approximate surface area is 208 Å². The summed E-state index contributed by atoms with van der Waals surface area (Å²) in [6, 6.07) is 14.1. The van der Waals surface area contributed by atoms with Gasteiger partial charge in [0, 0.05) is 31.5 Å². The van der Waals surface area contributed by atoms with Gasteiger partial charge in [0.15, 0.2) is 5.96 Å². The van der Waals surface area contributed by atoms with Crippen LogP contribution in [0.3, 0.4) is 0 Å².